The van der Waals surface area contributed by atoms with Gasteiger partial charge in [0.15, 0.2) is 0 Å². The van der Waals surface area contributed by atoms with Crippen LogP contribution < -0.4 is 5.32 Å². The minimum atomic E-state index is 0.612. The van der Waals surface area contributed by atoms with E-state index in [2.05, 4.69) is 70.9 Å². The summed E-state index contributed by atoms with van der Waals surface area (Å²) in [7, 11) is 0. The second-order valence-corrected chi connectivity index (χ2v) is 7.09. The highest BCUT2D eigenvalue weighted by atomic mass is 15.2. The van der Waals surface area contributed by atoms with Gasteiger partial charge in [-0.25, -0.2) is 0 Å². The van der Waals surface area contributed by atoms with Crippen molar-refractivity contribution in [2.24, 2.45) is 5.92 Å². The molecule has 1 saturated carbocycles. The molecule has 2 aromatic rings. The van der Waals surface area contributed by atoms with E-state index in [1.807, 2.05) is 0 Å². The summed E-state index contributed by atoms with van der Waals surface area (Å²) in [4.78, 5) is 2.74. The lowest BCUT2D eigenvalue weighted by Gasteiger charge is -2.50. The van der Waals surface area contributed by atoms with E-state index in [-0.39, 0.29) is 0 Å². The van der Waals surface area contributed by atoms with Crippen molar-refractivity contribution in [2.75, 3.05) is 18.4 Å². The summed E-state index contributed by atoms with van der Waals surface area (Å²) >= 11 is 0. The lowest BCUT2D eigenvalue weighted by atomic mass is 9.76. The van der Waals surface area contributed by atoms with E-state index in [1.165, 1.54) is 50.0 Å². The lowest BCUT2D eigenvalue weighted by Crippen LogP contribution is -2.58. The van der Waals surface area contributed by atoms with Crippen LogP contribution in [0, 0.1) is 5.92 Å². The molecule has 1 aliphatic carbocycles. The molecule has 0 aromatic heterocycles. The number of piperidine rings is 2. The van der Waals surface area contributed by atoms with Crippen molar-refractivity contribution in [2.45, 2.75) is 37.8 Å². The van der Waals surface area contributed by atoms with E-state index < -0.39 is 0 Å². The Labute approximate surface area is 139 Å². The maximum atomic E-state index is 3.80. The monoisotopic (exact) mass is 306 g/mol. The third-order valence-electron chi connectivity index (χ3n) is 5.54. The number of para-hydroxylation sites is 1. The van der Waals surface area contributed by atoms with E-state index in [1.54, 1.807) is 0 Å². The number of nitrogens with one attached hydrogen (secondary N) is 1. The van der Waals surface area contributed by atoms with Crippen molar-refractivity contribution in [3.05, 3.63) is 66.2 Å². The molecule has 0 unspecified atom stereocenters. The van der Waals surface area contributed by atoms with Gasteiger partial charge in [-0.1, -0.05) is 48.5 Å². The predicted octanol–water partition coefficient (Wildman–Crippen LogP) is 4.19. The molecule has 2 bridgehead atoms. The third kappa shape index (κ3) is 3.42. The van der Waals surface area contributed by atoms with Crippen molar-refractivity contribution in [3.8, 4) is 0 Å². The Kier molecular flexibility index (Phi) is 4.34. The average Bonchev–Trinajstić information content (AvgIpc) is 2.62. The van der Waals surface area contributed by atoms with Crippen LogP contribution in [-0.4, -0.2) is 30.1 Å². The van der Waals surface area contributed by atoms with Gasteiger partial charge in [-0.3, -0.25) is 4.90 Å². The van der Waals surface area contributed by atoms with Gasteiger partial charge in [0.05, 0.1) is 0 Å². The summed E-state index contributed by atoms with van der Waals surface area (Å²) in [5, 5.41) is 3.80. The van der Waals surface area contributed by atoms with Gasteiger partial charge in [-0.15, -0.1) is 0 Å². The zero-order valence-electron chi connectivity index (χ0n) is 13.7. The van der Waals surface area contributed by atoms with Gasteiger partial charge >= 0.3 is 0 Å². The molecule has 2 aromatic carbocycles. The van der Waals surface area contributed by atoms with Gasteiger partial charge in [0.1, 0.15) is 0 Å². The molecule has 2 nitrogen and oxygen atoms in total. The number of anilines is 1. The Morgan fingerprint density at radius 2 is 1.65 bits per heavy atom. The molecule has 0 radical (unpaired) electrons. The minimum Gasteiger partial charge on any atom is -0.381 e. The summed E-state index contributed by atoms with van der Waals surface area (Å²) in [6, 6.07) is 22.9. The first-order valence-corrected chi connectivity index (χ1v) is 8.98. The molecule has 1 N–H and O–H groups in total. The second-order valence-electron chi connectivity index (χ2n) is 7.09. The van der Waals surface area contributed by atoms with Crippen LogP contribution >= 0.6 is 0 Å². The molecule has 23 heavy (non-hydrogen) atoms. The van der Waals surface area contributed by atoms with Crippen LogP contribution in [0.4, 0.5) is 5.69 Å². The molecule has 2 heterocycles. The van der Waals surface area contributed by atoms with Crippen molar-refractivity contribution in [1.82, 2.24) is 4.90 Å². The van der Waals surface area contributed by atoms with E-state index in [9.17, 15) is 0 Å². The van der Waals surface area contributed by atoms with Gasteiger partial charge in [-0.2, -0.15) is 0 Å². The number of fused-ring (bicyclic) bond motifs is 3. The Morgan fingerprint density at radius 3 is 2.39 bits per heavy atom. The van der Waals surface area contributed by atoms with E-state index in [4.69, 9.17) is 0 Å². The number of nitrogens with zero attached hydrogens (tertiary/aromatic N) is 1. The first-order valence-electron chi connectivity index (χ1n) is 8.98. The topological polar surface area (TPSA) is 15.3 Å². The number of hydrogen-bond acceptors (Lipinski definition) is 2. The molecule has 3 aliphatic rings. The minimum absolute atomic E-state index is 0.612. The van der Waals surface area contributed by atoms with Crippen LogP contribution in [0.2, 0.25) is 0 Å². The fraction of sp³-hybridized carbons (Fsp3) is 0.429. The maximum Gasteiger partial charge on any atom is 0.0419 e. The largest absolute Gasteiger partial charge is 0.381 e. The van der Waals surface area contributed by atoms with Gasteiger partial charge < -0.3 is 5.32 Å². The van der Waals surface area contributed by atoms with Crippen molar-refractivity contribution >= 4 is 5.69 Å². The molecule has 3 fully saturated rings. The zero-order chi connectivity index (χ0) is 15.5. The van der Waals surface area contributed by atoms with Gasteiger partial charge in [0.25, 0.3) is 0 Å². The highest BCUT2D eigenvalue weighted by molar-refractivity contribution is 5.44. The Hall–Kier alpha value is -1.80. The summed E-state index contributed by atoms with van der Waals surface area (Å²) in [6.45, 7) is 2.49. The smallest absolute Gasteiger partial charge is 0.0419 e. The SMILES string of the molecule is c1ccc(CCN2C[C@@H]3CC[C@@H]2[C@@H](Nc2ccccc2)C3)cc1. The van der Waals surface area contributed by atoms with E-state index in [0.717, 1.165) is 5.92 Å². The molecule has 5 rings (SSSR count). The first-order chi connectivity index (χ1) is 11.4. The van der Waals surface area contributed by atoms with Crippen molar-refractivity contribution < 1.29 is 0 Å². The molecule has 2 aliphatic heterocycles. The summed E-state index contributed by atoms with van der Waals surface area (Å²) in [6.07, 6.45) is 5.27. The molecule has 2 saturated heterocycles. The maximum absolute atomic E-state index is 3.80. The molecule has 120 valence electrons. The summed E-state index contributed by atoms with van der Waals surface area (Å²) in [5.74, 6) is 0.872. The molecular weight excluding hydrogens is 280 g/mol. The molecule has 0 spiro atoms. The Morgan fingerprint density at radius 1 is 0.913 bits per heavy atom. The van der Waals surface area contributed by atoms with Crippen molar-refractivity contribution in [3.63, 3.8) is 0 Å². The van der Waals surface area contributed by atoms with Crippen molar-refractivity contribution in [1.29, 1.82) is 0 Å². The van der Waals surface area contributed by atoms with Gasteiger partial charge in [0.2, 0.25) is 0 Å². The standard InChI is InChI=1S/C21H26N2/c1-3-7-17(8-4-1)13-14-23-16-18-11-12-21(23)20(15-18)22-19-9-5-2-6-10-19/h1-10,18,20-22H,11-16H2/t18-,20+,21-/m1/s1. The third-order valence-corrected chi connectivity index (χ3v) is 5.54. The number of benzene rings is 2. The Bertz CT molecular complexity index is 610. The van der Waals surface area contributed by atoms with Crippen LogP contribution in [0.25, 0.3) is 0 Å². The molecule has 3 atom stereocenters. The predicted molar refractivity (Wildman–Crippen MR) is 96.7 cm³/mol. The fourth-order valence-electron chi connectivity index (χ4n) is 4.39. The van der Waals surface area contributed by atoms with Crippen LogP contribution in [-0.2, 0) is 6.42 Å². The highest BCUT2D eigenvalue weighted by Crippen LogP contribution is 2.36. The highest BCUT2D eigenvalue weighted by Gasteiger charge is 2.40. The average molecular weight is 306 g/mol. The first kappa shape index (κ1) is 14.8. The normalized spacial score (nSPS) is 27.0. The summed E-state index contributed by atoms with van der Waals surface area (Å²) < 4.78 is 0. The number of hydrogen-bond donors (Lipinski definition) is 1. The number of rotatable bonds is 5. The Balaban J connectivity index is 1.41. The molecule has 0 amide bonds. The quantitative estimate of drug-likeness (QED) is 0.891. The van der Waals surface area contributed by atoms with E-state index in [0.29, 0.717) is 12.1 Å². The van der Waals surface area contributed by atoms with Crippen LogP contribution in [0.1, 0.15) is 24.8 Å². The fourth-order valence-corrected chi connectivity index (χ4v) is 4.39. The van der Waals surface area contributed by atoms with Crippen LogP contribution in [0.5, 0.6) is 0 Å². The van der Waals surface area contributed by atoms with Gasteiger partial charge in [-0.05, 0) is 49.3 Å². The second kappa shape index (κ2) is 6.76. The van der Waals surface area contributed by atoms with Crippen LogP contribution in [0.15, 0.2) is 60.7 Å². The van der Waals surface area contributed by atoms with Gasteiger partial charge in [0, 0.05) is 30.9 Å². The molecule has 2 heteroatoms. The van der Waals surface area contributed by atoms with Crippen LogP contribution in [0.3, 0.4) is 0 Å². The van der Waals surface area contributed by atoms with E-state index >= 15 is 0 Å². The lowest BCUT2D eigenvalue weighted by molar-refractivity contribution is 0.0396. The zero-order valence-corrected chi connectivity index (χ0v) is 13.7. The summed E-state index contributed by atoms with van der Waals surface area (Å²) in [5.41, 5.74) is 2.73. The molecular formula is C21H26N2.